The minimum absolute atomic E-state index is 0.488. The summed E-state index contributed by atoms with van der Waals surface area (Å²) >= 11 is 1.70. The third-order valence-corrected chi connectivity index (χ3v) is 7.06. The van der Waals surface area contributed by atoms with Gasteiger partial charge in [-0.3, -0.25) is 4.90 Å². The second-order valence-electron chi connectivity index (χ2n) is 8.18. The number of benzene rings is 1. The number of hydrogen-bond acceptors (Lipinski definition) is 5. The van der Waals surface area contributed by atoms with Gasteiger partial charge in [-0.05, 0) is 56.3 Å². The van der Waals surface area contributed by atoms with E-state index in [9.17, 15) is 0 Å². The summed E-state index contributed by atoms with van der Waals surface area (Å²) in [5.41, 5.74) is 3.21. The SMILES string of the molecule is CNc1nc(CN2CCC3(CC2)C[C@H](c2ccccc2)CN(C)C3)cs1. The van der Waals surface area contributed by atoms with E-state index < -0.39 is 0 Å². The van der Waals surface area contributed by atoms with E-state index >= 15 is 0 Å². The van der Waals surface area contributed by atoms with Crippen molar-refractivity contribution < 1.29 is 0 Å². The van der Waals surface area contributed by atoms with Crippen LogP contribution in [0.5, 0.6) is 0 Å². The van der Waals surface area contributed by atoms with Crippen LogP contribution in [-0.2, 0) is 6.54 Å². The summed E-state index contributed by atoms with van der Waals surface area (Å²) in [6.07, 6.45) is 3.96. The van der Waals surface area contributed by atoms with Crippen molar-refractivity contribution in [2.45, 2.75) is 31.7 Å². The third kappa shape index (κ3) is 3.95. The van der Waals surface area contributed by atoms with Crippen molar-refractivity contribution in [2.24, 2.45) is 5.41 Å². The van der Waals surface area contributed by atoms with Gasteiger partial charge in [0.2, 0.25) is 0 Å². The van der Waals surface area contributed by atoms with Crippen molar-refractivity contribution >= 4 is 16.5 Å². The predicted molar refractivity (Wildman–Crippen MR) is 110 cm³/mol. The van der Waals surface area contributed by atoms with Crippen LogP contribution >= 0.6 is 11.3 Å². The zero-order chi connectivity index (χ0) is 18.0. The molecule has 2 saturated heterocycles. The van der Waals surface area contributed by atoms with E-state index in [4.69, 9.17) is 0 Å². The molecule has 0 bridgehead atoms. The normalized spacial score (nSPS) is 24.0. The standard InChI is InChI=1S/C21H30N4S/c1-22-20-23-19(15-26-20)14-25-10-8-21(9-11-25)12-18(13-24(2)16-21)17-6-4-3-5-7-17/h3-7,15,18H,8-14,16H2,1-2H3,(H,22,23)/t18-/m0/s1. The van der Waals surface area contributed by atoms with Gasteiger partial charge in [-0.2, -0.15) is 0 Å². The number of piperidine rings is 2. The summed E-state index contributed by atoms with van der Waals surface area (Å²) in [7, 11) is 4.24. The number of hydrogen-bond donors (Lipinski definition) is 1. The van der Waals surface area contributed by atoms with Crippen LogP contribution in [0.2, 0.25) is 0 Å². The number of likely N-dealkylation sites (tertiary alicyclic amines) is 2. The molecule has 1 aromatic carbocycles. The second kappa shape index (κ2) is 7.67. The molecule has 2 aromatic rings. The molecule has 140 valence electrons. The lowest BCUT2D eigenvalue weighted by Crippen LogP contribution is -2.50. The number of aromatic nitrogens is 1. The Bertz CT molecular complexity index is 706. The van der Waals surface area contributed by atoms with Crippen molar-refractivity contribution in [3.8, 4) is 0 Å². The fourth-order valence-corrected chi connectivity index (χ4v) is 5.55. The summed E-state index contributed by atoms with van der Waals surface area (Å²) in [5.74, 6) is 0.679. The van der Waals surface area contributed by atoms with Crippen LogP contribution < -0.4 is 5.32 Å². The highest BCUT2D eigenvalue weighted by atomic mass is 32.1. The summed E-state index contributed by atoms with van der Waals surface area (Å²) in [6, 6.07) is 11.1. The molecule has 5 heteroatoms. The monoisotopic (exact) mass is 370 g/mol. The summed E-state index contributed by atoms with van der Waals surface area (Å²) in [6.45, 7) is 5.83. The molecule has 0 amide bonds. The average Bonchev–Trinajstić information content (AvgIpc) is 3.12. The summed E-state index contributed by atoms with van der Waals surface area (Å²) < 4.78 is 0. The molecule has 0 unspecified atom stereocenters. The van der Waals surface area contributed by atoms with Crippen LogP contribution in [0.3, 0.4) is 0 Å². The predicted octanol–water partition coefficient (Wildman–Crippen LogP) is 3.89. The molecule has 1 atom stereocenters. The topological polar surface area (TPSA) is 31.4 Å². The Kier molecular flexibility index (Phi) is 5.30. The van der Waals surface area contributed by atoms with E-state index in [0.717, 1.165) is 11.7 Å². The highest BCUT2D eigenvalue weighted by Gasteiger charge is 2.41. The molecule has 1 aromatic heterocycles. The number of nitrogens with one attached hydrogen (secondary N) is 1. The maximum Gasteiger partial charge on any atom is 0.182 e. The Morgan fingerprint density at radius 2 is 2.00 bits per heavy atom. The molecule has 1 spiro atoms. The van der Waals surface area contributed by atoms with Crippen LogP contribution in [0.4, 0.5) is 5.13 Å². The third-order valence-electron chi connectivity index (χ3n) is 6.16. The van der Waals surface area contributed by atoms with Crippen molar-refractivity contribution in [1.82, 2.24) is 14.8 Å². The lowest BCUT2D eigenvalue weighted by Gasteiger charge is -2.49. The van der Waals surface area contributed by atoms with E-state index in [-0.39, 0.29) is 0 Å². The molecule has 2 fully saturated rings. The summed E-state index contributed by atoms with van der Waals surface area (Å²) in [4.78, 5) is 9.80. The van der Waals surface area contributed by atoms with Gasteiger partial charge in [0.05, 0.1) is 5.69 Å². The first-order chi connectivity index (χ1) is 12.7. The van der Waals surface area contributed by atoms with Gasteiger partial charge < -0.3 is 10.2 Å². The van der Waals surface area contributed by atoms with Crippen LogP contribution in [0.1, 0.15) is 36.4 Å². The van der Waals surface area contributed by atoms with Gasteiger partial charge in [0.1, 0.15) is 0 Å². The van der Waals surface area contributed by atoms with Crippen molar-refractivity contribution in [1.29, 1.82) is 0 Å². The van der Waals surface area contributed by atoms with Gasteiger partial charge in [-0.1, -0.05) is 30.3 Å². The minimum Gasteiger partial charge on any atom is -0.365 e. The highest BCUT2D eigenvalue weighted by Crippen LogP contribution is 2.44. The zero-order valence-corrected chi connectivity index (χ0v) is 16.8. The minimum atomic E-state index is 0.488. The van der Waals surface area contributed by atoms with E-state index in [1.807, 2.05) is 7.05 Å². The van der Waals surface area contributed by atoms with Crippen molar-refractivity contribution in [3.63, 3.8) is 0 Å². The molecule has 26 heavy (non-hydrogen) atoms. The molecule has 0 radical (unpaired) electrons. The first-order valence-corrected chi connectivity index (χ1v) is 10.6. The Labute approximate surface area is 161 Å². The van der Waals surface area contributed by atoms with Gasteiger partial charge in [-0.25, -0.2) is 4.98 Å². The van der Waals surface area contributed by atoms with E-state index in [0.29, 0.717) is 11.3 Å². The first kappa shape index (κ1) is 18.0. The number of anilines is 1. The molecule has 4 rings (SSSR count). The molecule has 1 N–H and O–H groups in total. The quantitative estimate of drug-likeness (QED) is 0.885. The maximum atomic E-state index is 4.65. The second-order valence-corrected chi connectivity index (χ2v) is 9.04. The van der Waals surface area contributed by atoms with Crippen molar-refractivity contribution in [2.75, 3.05) is 45.6 Å². The largest absolute Gasteiger partial charge is 0.365 e. The van der Waals surface area contributed by atoms with Crippen LogP contribution in [-0.4, -0.2) is 55.1 Å². The number of rotatable bonds is 4. The van der Waals surface area contributed by atoms with Crippen molar-refractivity contribution in [3.05, 3.63) is 47.0 Å². The van der Waals surface area contributed by atoms with Crippen LogP contribution in [0, 0.1) is 5.41 Å². The fourth-order valence-electron chi connectivity index (χ4n) is 4.88. The molecule has 3 heterocycles. The first-order valence-electron chi connectivity index (χ1n) is 9.74. The summed E-state index contributed by atoms with van der Waals surface area (Å²) in [5, 5.41) is 6.35. The van der Waals surface area contributed by atoms with Gasteiger partial charge in [0.25, 0.3) is 0 Å². The van der Waals surface area contributed by atoms with E-state index in [2.05, 4.69) is 62.9 Å². The Morgan fingerprint density at radius 3 is 2.69 bits per heavy atom. The smallest absolute Gasteiger partial charge is 0.182 e. The fraction of sp³-hybridized carbons (Fsp3) is 0.571. The van der Waals surface area contributed by atoms with Crippen LogP contribution in [0.15, 0.2) is 35.7 Å². The lowest BCUT2D eigenvalue weighted by molar-refractivity contribution is 0.0216. The highest BCUT2D eigenvalue weighted by molar-refractivity contribution is 7.13. The number of likely N-dealkylation sites (N-methyl/N-ethyl adjacent to an activating group) is 1. The molecule has 0 saturated carbocycles. The maximum absolute atomic E-state index is 4.65. The lowest BCUT2D eigenvalue weighted by atomic mass is 9.68. The van der Waals surface area contributed by atoms with E-state index in [1.165, 1.54) is 56.7 Å². The van der Waals surface area contributed by atoms with Gasteiger partial charge in [0.15, 0.2) is 5.13 Å². The number of thiazole rings is 1. The van der Waals surface area contributed by atoms with Gasteiger partial charge >= 0.3 is 0 Å². The molecule has 2 aliphatic rings. The van der Waals surface area contributed by atoms with Crippen LogP contribution in [0.25, 0.3) is 0 Å². The molecule has 4 nitrogen and oxygen atoms in total. The Hall–Kier alpha value is -1.43. The Balaban J connectivity index is 1.39. The van der Waals surface area contributed by atoms with Gasteiger partial charge in [-0.15, -0.1) is 11.3 Å². The molecular weight excluding hydrogens is 340 g/mol. The molecule has 0 aliphatic carbocycles. The Morgan fingerprint density at radius 1 is 1.23 bits per heavy atom. The molecule has 2 aliphatic heterocycles. The van der Waals surface area contributed by atoms with E-state index in [1.54, 1.807) is 11.3 Å². The van der Waals surface area contributed by atoms with Gasteiger partial charge in [0, 0.05) is 32.1 Å². The molecular formula is C21H30N4S. The zero-order valence-electron chi connectivity index (χ0n) is 15.9. The average molecular weight is 371 g/mol. The number of nitrogens with zero attached hydrogens (tertiary/aromatic N) is 3.